The molecule has 0 amide bonds. The van der Waals surface area contributed by atoms with Gasteiger partial charge in [-0.3, -0.25) is 32.5 Å². The highest BCUT2D eigenvalue weighted by Gasteiger charge is 2.29. The highest BCUT2D eigenvalue weighted by molar-refractivity contribution is 7.47. The number of carbonyl (C=O) groups excluding carboxylic acids is 3. The van der Waals surface area contributed by atoms with Crippen LogP contribution in [-0.2, 0) is 55.8 Å². The molecule has 0 aliphatic rings. The quantitative estimate of drug-likeness (QED) is 0.0146. The first kappa shape index (κ1) is 94.7. The van der Waals surface area contributed by atoms with Gasteiger partial charge in [0, 0.05) is 19.3 Å². The van der Waals surface area contributed by atoms with E-state index in [4.69, 9.17) is 32.3 Å². The zero-order chi connectivity index (χ0) is 72.3. The first-order valence-electron chi connectivity index (χ1n) is 38.5. The second-order valence-corrected chi connectivity index (χ2v) is 28.3. The Morgan fingerprint density at radius 2 is 0.535 bits per heavy atom. The minimum Gasteiger partial charge on any atom is -0.463 e. The maximum Gasteiger partial charge on any atom is 0.472 e. The van der Waals surface area contributed by atoms with E-state index in [1.165, 1.54) is 89.9 Å². The predicted octanol–water partition coefficient (Wildman–Crippen LogP) is 22.3. The molecule has 0 heterocycles. The van der Waals surface area contributed by atoms with Crippen LogP contribution in [0.2, 0.25) is 0 Å². The molecule has 0 aromatic rings. The first-order chi connectivity index (χ1) is 48.2. The Balaban J connectivity index is 4.63. The van der Waals surface area contributed by atoms with Crippen molar-refractivity contribution in [1.29, 1.82) is 0 Å². The van der Waals surface area contributed by atoms with Crippen LogP contribution in [0.1, 0.15) is 303 Å². The van der Waals surface area contributed by atoms with Gasteiger partial charge in [-0.25, -0.2) is 9.13 Å². The van der Waals surface area contributed by atoms with Gasteiger partial charge in [0.25, 0.3) is 0 Å². The third-order valence-electron chi connectivity index (χ3n) is 15.9. The van der Waals surface area contributed by atoms with Crippen molar-refractivity contribution in [3.63, 3.8) is 0 Å². The fraction of sp³-hybridized carbons (Fsp3) is 0.691. The summed E-state index contributed by atoms with van der Waals surface area (Å²) in [6.07, 6.45) is 87.7. The monoisotopic (exact) mass is 1430 g/mol. The summed E-state index contributed by atoms with van der Waals surface area (Å²) in [7, 11) is -9.80. The highest BCUT2D eigenvalue weighted by atomic mass is 31.2. The van der Waals surface area contributed by atoms with Gasteiger partial charge >= 0.3 is 33.6 Å². The lowest BCUT2D eigenvalue weighted by atomic mass is 10.0. The lowest BCUT2D eigenvalue weighted by Gasteiger charge is -2.21. The van der Waals surface area contributed by atoms with Crippen LogP contribution in [0.4, 0.5) is 0 Å². The molecule has 4 N–H and O–H groups in total. The lowest BCUT2D eigenvalue weighted by Crippen LogP contribution is -2.30. The maximum absolute atomic E-state index is 13.0. The summed E-state index contributed by atoms with van der Waals surface area (Å²) in [4.78, 5) is 58.6. The molecule has 0 bridgehead atoms. The molecule has 0 aromatic carbocycles. The van der Waals surface area contributed by atoms with Gasteiger partial charge in [-0.2, -0.15) is 0 Å². The van der Waals surface area contributed by atoms with E-state index >= 15 is 0 Å². The summed E-state index contributed by atoms with van der Waals surface area (Å²) in [5.74, 6) is -1.60. The number of esters is 3. The Morgan fingerprint density at radius 1 is 0.293 bits per heavy atom. The lowest BCUT2D eigenvalue weighted by molar-refractivity contribution is -0.161. The average molecular weight is 1430 g/mol. The first-order valence-corrected chi connectivity index (χ1v) is 41.5. The molecule has 5 atom stereocenters. The molecule has 0 saturated carbocycles. The highest BCUT2D eigenvalue weighted by Crippen LogP contribution is 2.45. The average Bonchev–Trinajstić information content (AvgIpc) is 1.84. The van der Waals surface area contributed by atoms with Crippen LogP contribution in [-0.4, -0.2) is 95.9 Å². The van der Waals surface area contributed by atoms with Crippen molar-refractivity contribution in [3.8, 4) is 0 Å². The number of unbranched alkanes of at least 4 members (excludes halogenated alkanes) is 27. The molecule has 0 aliphatic heterocycles. The van der Waals surface area contributed by atoms with Crippen LogP contribution >= 0.6 is 15.6 Å². The van der Waals surface area contributed by atoms with Gasteiger partial charge in [0.2, 0.25) is 0 Å². The van der Waals surface area contributed by atoms with Gasteiger partial charge in [-0.05, 0) is 116 Å². The topological polar surface area (TPSA) is 231 Å². The standard InChI is InChI=1S/C81H138O16P2/c1-4-7-10-13-16-19-22-25-28-30-32-34-36-37-39-41-42-44-47-49-52-55-58-61-64-67-79(84)91-70-76(82)71-93-98(87,88)94-72-77(83)73-95-99(89,90)96-75-78(97-81(86)69-66-63-60-57-54-51-46-27-24-21-18-15-12-9-6-3)74-92-80(85)68-65-62-59-56-53-50-48-45-43-40-38-35-33-31-29-26-23-20-17-14-11-8-5-2/h7-8,10-11,16-17,19-20,25-26,28-29,32-35,37,39-40,43,48,50,76-78,82-83H,4-6,9,12-15,18,21-24,27,30-31,36,38,41-42,44-47,49,51-75H2,1-3H3,(H,87,88)(H,89,90)/b10-7-,11-8-,19-16-,20-17-,28-25-,29-26-,34-32-,35-33-,39-37-,43-40-,50-48-. The number of ether oxygens (including phenoxy) is 3. The Kier molecular flexibility index (Phi) is 70.2. The normalized spacial score (nSPS) is 14.8. The molecule has 5 unspecified atom stereocenters. The SMILES string of the molecule is CC/C=C\C/C=C\C/C=C\C/C=C\C/C=C\C/C=C\CCCCCCC(=O)OCC(COP(=O)(O)OCC(O)COP(=O)(O)OCC(O)COC(=O)CCCCCCCCCCC/C=C\C/C=C\C/C=C\C/C=C\C/C=C\CC)OC(=O)CCCCCCCCCCCCCCCCC. The summed E-state index contributed by atoms with van der Waals surface area (Å²) < 4.78 is 61.1. The van der Waals surface area contributed by atoms with Crippen molar-refractivity contribution >= 4 is 33.6 Å². The number of phosphoric acid groups is 2. The van der Waals surface area contributed by atoms with Crippen molar-refractivity contribution in [2.75, 3.05) is 39.6 Å². The van der Waals surface area contributed by atoms with Crippen LogP contribution in [0.25, 0.3) is 0 Å². The van der Waals surface area contributed by atoms with E-state index < -0.39 is 91.5 Å². The van der Waals surface area contributed by atoms with Crippen LogP contribution in [0.5, 0.6) is 0 Å². The van der Waals surface area contributed by atoms with Crippen LogP contribution in [0.3, 0.4) is 0 Å². The number of hydrogen-bond acceptors (Lipinski definition) is 14. The van der Waals surface area contributed by atoms with E-state index in [1.54, 1.807) is 0 Å². The molecule has 568 valence electrons. The Labute approximate surface area is 601 Å². The van der Waals surface area contributed by atoms with Gasteiger partial charge < -0.3 is 34.2 Å². The fourth-order valence-electron chi connectivity index (χ4n) is 10.1. The Morgan fingerprint density at radius 3 is 0.848 bits per heavy atom. The molecule has 0 fully saturated rings. The summed E-state index contributed by atoms with van der Waals surface area (Å²) in [5.41, 5.74) is 0. The van der Waals surface area contributed by atoms with Crippen molar-refractivity contribution in [3.05, 3.63) is 134 Å². The van der Waals surface area contributed by atoms with Crippen molar-refractivity contribution in [2.45, 2.75) is 322 Å². The smallest absolute Gasteiger partial charge is 0.463 e. The van der Waals surface area contributed by atoms with Crippen molar-refractivity contribution in [1.82, 2.24) is 0 Å². The molecule has 0 rings (SSSR count). The summed E-state index contributed by atoms with van der Waals surface area (Å²) in [5, 5.41) is 20.6. The maximum atomic E-state index is 13.0. The molecule has 0 saturated heterocycles. The van der Waals surface area contributed by atoms with Gasteiger partial charge in [-0.1, -0.05) is 302 Å². The van der Waals surface area contributed by atoms with Gasteiger partial charge in [0.05, 0.1) is 26.4 Å². The minimum absolute atomic E-state index is 0.0988. The zero-order valence-corrected chi connectivity index (χ0v) is 63.7. The molecule has 16 nitrogen and oxygen atoms in total. The van der Waals surface area contributed by atoms with E-state index in [0.717, 1.165) is 154 Å². The summed E-state index contributed by atoms with van der Waals surface area (Å²) in [6.45, 7) is 2.43. The predicted molar refractivity (Wildman–Crippen MR) is 408 cm³/mol. The zero-order valence-electron chi connectivity index (χ0n) is 61.9. The number of aliphatic hydroxyl groups is 2. The molecule has 0 aliphatic carbocycles. The van der Waals surface area contributed by atoms with E-state index in [0.29, 0.717) is 19.3 Å². The molecule has 0 spiro atoms. The third-order valence-corrected chi connectivity index (χ3v) is 17.8. The van der Waals surface area contributed by atoms with Gasteiger partial charge in [0.1, 0.15) is 25.4 Å². The number of carbonyl (C=O) groups is 3. The van der Waals surface area contributed by atoms with E-state index in [2.05, 4.69) is 154 Å². The third kappa shape index (κ3) is 74.7. The second kappa shape index (κ2) is 73.4. The second-order valence-electron chi connectivity index (χ2n) is 25.4. The molecule has 99 heavy (non-hydrogen) atoms. The van der Waals surface area contributed by atoms with E-state index in [1.807, 2.05) is 0 Å². The Bertz CT molecular complexity index is 2330. The number of phosphoric ester groups is 2. The summed E-state index contributed by atoms with van der Waals surface area (Å²) >= 11 is 0. The molecular weight excluding hydrogens is 1290 g/mol. The van der Waals surface area contributed by atoms with Gasteiger partial charge in [-0.15, -0.1) is 0 Å². The Hall–Kier alpha value is -4.31. The number of rotatable bonds is 72. The molecule has 0 aromatic heterocycles. The van der Waals surface area contributed by atoms with Crippen molar-refractivity contribution < 1.29 is 75.8 Å². The number of aliphatic hydroxyl groups excluding tert-OH is 2. The van der Waals surface area contributed by atoms with Gasteiger partial charge in [0.15, 0.2) is 6.10 Å². The molecule has 18 heteroatoms. The molecular formula is C81H138O16P2. The number of allylic oxidation sites excluding steroid dienone is 22. The van der Waals surface area contributed by atoms with Crippen LogP contribution < -0.4 is 0 Å². The largest absolute Gasteiger partial charge is 0.472 e. The van der Waals surface area contributed by atoms with E-state index in [9.17, 15) is 43.5 Å². The van der Waals surface area contributed by atoms with E-state index in [-0.39, 0.29) is 19.3 Å². The van der Waals surface area contributed by atoms with Crippen LogP contribution in [0.15, 0.2) is 134 Å². The fourth-order valence-corrected chi connectivity index (χ4v) is 11.7. The number of hydrogen-bond donors (Lipinski definition) is 4. The minimum atomic E-state index is -4.94. The molecule has 0 radical (unpaired) electrons. The van der Waals surface area contributed by atoms with Crippen molar-refractivity contribution in [2.24, 2.45) is 0 Å². The van der Waals surface area contributed by atoms with Crippen LogP contribution in [0, 0.1) is 0 Å². The summed E-state index contributed by atoms with van der Waals surface area (Å²) in [6, 6.07) is 0.